The lowest BCUT2D eigenvalue weighted by Crippen LogP contribution is -2.22. The number of nitrogens with zero attached hydrogens (tertiary/aromatic N) is 3. The smallest absolute Gasteiger partial charge is 0.358 e. The minimum absolute atomic E-state index is 0.0774. The van der Waals surface area contributed by atoms with Crippen molar-refractivity contribution in [3.63, 3.8) is 0 Å². The molecule has 1 N–H and O–H groups in total. The second kappa shape index (κ2) is 7.46. The van der Waals surface area contributed by atoms with Gasteiger partial charge in [0.25, 0.3) is 0 Å². The number of carbonyl (C=O) groups excluding carboxylic acids is 2. The third kappa shape index (κ3) is 3.87. The molecule has 3 rings (SSSR count). The first kappa shape index (κ1) is 17.1. The van der Waals surface area contributed by atoms with Crippen LogP contribution < -0.4 is 5.32 Å². The van der Waals surface area contributed by atoms with Crippen molar-refractivity contribution in [1.82, 2.24) is 14.8 Å². The Morgan fingerprint density at radius 2 is 2.24 bits per heavy atom. The van der Waals surface area contributed by atoms with E-state index < -0.39 is 5.97 Å². The molecule has 3 heterocycles. The van der Waals surface area contributed by atoms with Crippen molar-refractivity contribution in [1.29, 1.82) is 0 Å². The van der Waals surface area contributed by atoms with Crippen LogP contribution in [0.1, 0.15) is 49.3 Å². The average Bonchev–Trinajstić information content (AvgIpc) is 3.02. The highest BCUT2D eigenvalue weighted by Crippen LogP contribution is 2.22. The lowest BCUT2D eigenvalue weighted by molar-refractivity contribution is -0.119. The summed E-state index contributed by atoms with van der Waals surface area (Å²) in [5, 5.41) is 7.22. The maximum Gasteiger partial charge on any atom is 0.358 e. The molecule has 2 aromatic heterocycles. The van der Waals surface area contributed by atoms with Crippen molar-refractivity contribution in [3.8, 4) is 5.69 Å². The SMILES string of the molecule is CCOC(=O)c1cc2n(n1)-c1ccnc(c1)CCCCC(C)C(=O)N2. The Morgan fingerprint density at radius 1 is 1.40 bits per heavy atom. The van der Waals surface area contributed by atoms with Crippen LogP contribution in [0.4, 0.5) is 5.82 Å². The van der Waals surface area contributed by atoms with E-state index in [0.717, 1.165) is 37.1 Å². The lowest BCUT2D eigenvalue weighted by Gasteiger charge is -2.15. The molecule has 7 heteroatoms. The fraction of sp³-hybridized carbons (Fsp3) is 0.444. The maximum absolute atomic E-state index is 12.4. The standard InChI is InChI=1S/C18H22N4O3/c1-3-25-18(24)15-11-16-20-17(23)12(2)6-4-5-7-13-10-14(8-9-19-13)22(16)21-15/h8-12H,3-7H2,1-2H3,(H,20,23). The zero-order valence-electron chi connectivity index (χ0n) is 14.5. The van der Waals surface area contributed by atoms with Crippen LogP contribution in [0.3, 0.4) is 0 Å². The molecule has 7 nitrogen and oxygen atoms in total. The van der Waals surface area contributed by atoms with E-state index in [9.17, 15) is 9.59 Å². The van der Waals surface area contributed by atoms with E-state index in [0.29, 0.717) is 5.82 Å². The molecule has 0 fully saturated rings. The van der Waals surface area contributed by atoms with Crippen molar-refractivity contribution in [2.45, 2.75) is 39.5 Å². The molecule has 2 aromatic rings. The molecule has 25 heavy (non-hydrogen) atoms. The van der Waals surface area contributed by atoms with Crippen LogP contribution in [-0.2, 0) is 16.0 Å². The molecule has 0 spiro atoms. The van der Waals surface area contributed by atoms with E-state index in [1.807, 2.05) is 13.0 Å². The highest BCUT2D eigenvalue weighted by Gasteiger charge is 2.21. The van der Waals surface area contributed by atoms with Crippen LogP contribution >= 0.6 is 0 Å². The number of aromatic nitrogens is 3. The number of aryl methyl sites for hydroxylation is 1. The van der Waals surface area contributed by atoms with Gasteiger partial charge in [0.2, 0.25) is 5.91 Å². The van der Waals surface area contributed by atoms with Gasteiger partial charge in [0, 0.05) is 23.9 Å². The van der Waals surface area contributed by atoms with Gasteiger partial charge < -0.3 is 10.1 Å². The summed E-state index contributed by atoms with van der Waals surface area (Å²) in [6.45, 7) is 3.92. The van der Waals surface area contributed by atoms with Gasteiger partial charge >= 0.3 is 5.97 Å². The molecule has 1 amide bonds. The fourth-order valence-electron chi connectivity index (χ4n) is 2.84. The monoisotopic (exact) mass is 342 g/mol. The Hall–Kier alpha value is -2.70. The zero-order valence-corrected chi connectivity index (χ0v) is 14.5. The number of carbonyl (C=O) groups is 2. The molecule has 0 saturated carbocycles. The average molecular weight is 342 g/mol. The van der Waals surface area contributed by atoms with Gasteiger partial charge in [-0.2, -0.15) is 5.10 Å². The molecule has 0 aliphatic carbocycles. The molecule has 2 bridgehead atoms. The van der Waals surface area contributed by atoms with Crippen molar-refractivity contribution in [2.75, 3.05) is 11.9 Å². The third-order valence-corrected chi connectivity index (χ3v) is 4.26. The summed E-state index contributed by atoms with van der Waals surface area (Å²) in [4.78, 5) is 28.9. The minimum atomic E-state index is -0.511. The van der Waals surface area contributed by atoms with E-state index in [4.69, 9.17) is 4.74 Å². The highest BCUT2D eigenvalue weighted by molar-refractivity contribution is 5.94. The number of esters is 1. The first-order valence-corrected chi connectivity index (χ1v) is 8.62. The molecular formula is C18H22N4O3. The molecule has 0 radical (unpaired) electrons. The summed E-state index contributed by atoms with van der Waals surface area (Å²) in [5.41, 5.74) is 1.89. The van der Waals surface area contributed by atoms with Crippen LogP contribution in [0, 0.1) is 5.92 Å². The second-order valence-corrected chi connectivity index (χ2v) is 6.19. The van der Waals surface area contributed by atoms with E-state index in [1.54, 1.807) is 29.9 Å². The maximum atomic E-state index is 12.4. The van der Waals surface area contributed by atoms with Gasteiger partial charge in [-0.25, -0.2) is 9.48 Å². The Labute approximate surface area is 146 Å². The van der Waals surface area contributed by atoms with E-state index >= 15 is 0 Å². The van der Waals surface area contributed by atoms with Crippen LogP contribution in [0.2, 0.25) is 0 Å². The Bertz CT molecular complexity index is 784. The largest absolute Gasteiger partial charge is 0.461 e. The first-order chi connectivity index (χ1) is 12.1. The first-order valence-electron chi connectivity index (χ1n) is 8.62. The predicted molar refractivity (Wildman–Crippen MR) is 92.7 cm³/mol. The molecule has 1 atom stereocenters. The number of ether oxygens (including phenoxy) is 1. The van der Waals surface area contributed by atoms with Gasteiger partial charge in [0.05, 0.1) is 12.3 Å². The molecule has 132 valence electrons. The minimum Gasteiger partial charge on any atom is -0.461 e. The molecule has 1 unspecified atom stereocenters. The molecule has 0 saturated heterocycles. The third-order valence-electron chi connectivity index (χ3n) is 4.26. The number of hydrogen-bond donors (Lipinski definition) is 1. The van der Waals surface area contributed by atoms with Gasteiger partial charge in [0.1, 0.15) is 5.82 Å². The van der Waals surface area contributed by atoms with Gasteiger partial charge in [-0.1, -0.05) is 13.3 Å². The van der Waals surface area contributed by atoms with Crippen LogP contribution in [-0.4, -0.2) is 33.2 Å². The predicted octanol–water partition coefficient (Wildman–Crippen LogP) is 2.75. The van der Waals surface area contributed by atoms with E-state index in [2.05, 4.69) is 15.4 Å². The van der Waals surface area contributed by atoms with Gasteiger partial charge in [-0.05, 0) is 38.3 Å². The molecule has 1 aliphatic rings. The summed E-state index contributed by atoms with van der Waals surface area (Å²) in [7, 11) is 0. The van der Waals surface area contributed by atoms with Crippen molar-refractivity contribution in [2.24, 2.45) is 5.92 Å². The van der Waals surface area contributed by atoms with Gasteiger partial charge in [-0.15, -0.1) is 0 Å². The number of rotatable bonds is 2. The number of amides is 1. The molecular weight excluding hydrogens is 320 g/mol. The number of fused-ring (bicyclic) bond motifs is 4. The molecule has 0 aromatic carbocycles. The molecule has 1 aliphatic heterocycles. The Balaban J connectivity index is 2.05. The summed E-state index contributed by atoms with van der Waals surface area (Å²) in [5.74, 6) is -0.243. The van der Waals surface area contributed by atoms with Crippen molar-refractivity contribution >= 4 is 17.7 Å². The zero-order chi connectivity index (χ0) is 17.8. The van der Waals surface area contributed by atoms with Crippen molar-refractivity contribution in [3.05, 3.63) is 35.8 Å². The Morgan fingerprint density at radius 3 is 3.04 bits per heavy atom. The number of nitrogens with one attached hydrogen (secondary N) is 1. The van der Waals surface area contributed by atoms with Crippen LogP contribution in [0.15, 0.2) is 24.4 Å². The van der Waals surface area contributed by atoms with E-state index in [1.165, 1.54) is 0 Å². The highest BCUT2D eigenvalue weighted by atomic mass is 16.5. The number of hydrogen-bond acceptors (Lipinski definition) is 5. The summed E-state index contributed by atoms with van der Waals surface area (Å²) in [6, 6.07) is 5.29. The van der Waals surface area contributed by atoms with Crippen LogP contribution in [0.25, 0.3) is 5.69 Å². The Kier molecular flexibility index (Phi) is 5.11. The van der Waals surface area contributed by atoms with E-state index in [-0.39, 0.29) is 24.1 Å². The van der Waals surface area contributed by atoms with Crippen LogP contribution in [0.5, 0.6) is 0 Å². The summed E-state index contributed by atoms with van der Waals surface area (Å²) >= 11 is 0. The number of pyridine rings is 1. The summed E-state index contributed by atoms with van der Waals surface area (Å²) < 4.78 is 6.58. The normalized spacial score (nSPS) is 17.7. The summed E-state index contributed by atoms with van der Waals surface area (Å²) in [6.07, 6.45) is 5.33. The second-order valence-electron chi connectivity index (χ2n) is 6.19. The van der Waals surface area contributed by atoms with Gasteiger partial charge in [0.15, 0.2) is 5.69 Å². The van der Waals surface area contributed by atoms with Gasteiger partial charge in [-0.3, -0.25) is 9.78 Å². The van der Waals surface area contributed by atoms with Crippen molar-refractivity contribution < 1.29 is 14.3 Å². The topological polar surface area (TPSA) is 86.1 Å². The lowest BCUT2D eigenvalue weighted by atomic mass is 10.0. The number of anilines is 1. The quantitative estimate of drug-likeness (QED) is 0.848. The fourth-order valence-corrected chi connectivity index (χ4v) is 2.84.